The summed E-state index contributed by atoms with van der Waals surface area (Å²) in [6.45, 7) is 1.62. The Morgan fingerprint density at radius 1 is 1.36 bits per heavy atom. The van der Waals surface area contributed by atoms with E-state index in [1.807, 2.05) is 18.2 Å². The van der Waals surface area contributed by atoms with Gasteiger partial charge in [0.05, 0.1) is 19.8 Å². The van der Waals surface area contributed by atoms with E-state index in [0.717, 1.165) is 12.1 Å². The van der Waals surface area contributed by atoms with E-state index in [1.165, 1.54) is 0 Å². The van der Waals surface area contributed by atoms with Gasteiger partial charge in [0, 0.05) is 19.5 Å². The summed E-state index contributed by atoms with van der Waals surface area (Å²) < 4.78 is 10.4. The summed E-state index contributed by atoms with van der Waals surface area (Å²) >= 11 is 0. The van der Waals surface area contributed by atoms with E-state index in [2.05, 4.69) is 10.6 Å². The Morgan fingerprint density at radius 3 is 2.77 bits per heavy atom. The number of methoxy groups -OCH3 is 2. The number of benzene rings is 1. The van der Waals surface area contributed by atoms with Crippen LogP contribution < -0.4 is 20.1 Å². The van der Waals surface area contributed by atoms with Crippen LogP contribution in [0.15, 0.2) is 18.2 Å². The molecule has 6 heteroatoms. The second-order valence-electron chi connectivity index (χ2n) is 5.62. The minimum Gasteiger partial charge on any atom is -0.493 e. The maximum absolute atomic E-state index is 11.9. The van der Waals surface area contributed by atoms with Crippen LogP contribution in [-0.2, 0) is 11.2 Å². The first-order valence-corrected chi connectivity index (χ1v) is 7.47. The number of ether oxygens (including phenoxy) is 2. The highest BCUT2D eigenvalue weighted by Crippen LogP contribution is 2.27. The van der Waals surface area contributed by atoms with Crippen LogP contribution in [0.4, 0.5) is 0 Å². The highest BCUT2D eigenvalue weighted by molar-refractivity contribution is 5.76. The van der Waals surface area contributed by atoms with Crippen molar-refractivity contribution in [2.24, 2.45) is 0 Å². The lowest BCUT2D eigenvalue weighted by Gasteiger charge is -2.21. The maximum atomic E-state index is 11.9. The van der Waals surface area contributed by atoms with Gasteiger partial charge >= 0.3 is 0 Å². The van der Waals surface area contributed by atoms with E-state index in [9.17, 15) is 9.90 Å². The van der Waals surface area contributed by atoms with Crippen molar-refractivity contribution in [3.63, 3.8) is 0 Å². The Bertz CT molecular complexity index is 513. The third-order valence-electron chi connectivity index (χ3n) is 3.92. The van der Waals surface area contributed by atoms with Crippen molar-refractivity contribution in [3.05, 3.63) is 23.8 Å². The molecule has 1 aliphatic heterocycles. The van der Waals surface area contributed by atoms with Gasteiger partial charge in [-0.1, -0.05) is 6.07 Å². The first-order chi connectivity index (χ1) is 10.6. The number of hydrogen-bond acceptors (Lipinski definition) is 5. The molecule has 0 aromatic heterocycles. The predicted octanol–water partition coefficient (Wildman–Crippen LogP) is 0.477. The molecule has 1 aromatic rings. The minimum atomic E-state index is -0.807. The van der Waals surface area contributed by atoms with Gasteiger partial charge in [-0.25, -0.2) is 0 Å². The van der Waals surface area contributed by atoms with Gasteiger partial charge < -0.3 is 25.2 Å². The van der Waals surface area contributed by atoms with Gasteiger partial charge in [-0.15, -0.1) is 0 Å². The van der Waals surface area contributed by atoms with Crippen LogP contribution in [0, 0.1) is 0 Å². The SMILES string of the molecule is COc1ccc(CCC(=O)NCC2(O)CCNC2)cc1OC. The normalized spacial score (nSPS) is 20.7. The van der Waals surface area contributed by atoms with Crippen LogP contribution in [0.25, 0.3) is 0 Å². The van der Waals surface area contributed by atoms with E-state index in [1.54, 1.807) is 14.2 Å². The molecule has 2 rings (SSSR count). The molecule has 1 aromatic carbocycles. The van der Waals surface area contributed by atoms with Crippen molar-refractivity contribution in [1.29, 1.82) is 0 Å². The average molecular weight is 308 g/mol. The highest BCUT2D eigenvalue weighted by atomic mass is 16.5. The fourth-order valence-electron chi connectivity index (χ4n) is 2.53. The zero-order chi connectivity index (χ0) is 16.0. The van der Waals surface area contributed by atoms with E-state index in [4.69, 9.17) is 9.47 Å². The van der Waals surface area contributed by atoms with Gasteiger partial charge in [-0.05, 0) is 37.1 Å². The summed E-state index contributed by atoms with van der Waals surface area (Å²) in [6.07, 6.45) is 1.66. The molecule has 0 aliphatic carbocycles. The zero-order valence-electron chi connectivity index (χ0n) is 13.1. The second-order valence-corrected chi connectivity index (χ2v) is 5.62. The van der Waals surface area contributed by atoms with Crippen LogP contribution in [0.1, 0.15) is 18.4 Å². The monoisotopic (exact) mass is 308 g/mol. The van der Waals surface area contributed by atoms with Crippen LogP contribution in [0.2, 0.25) is 0 Å². The molecular formula is C16H24N2O4. The Balaban J connectivity index is 1.80. The summed E-state index contributed by atoms with van der Waals surface area (Å²) in [5.41, 5.74) is 0.202. The van der Waals surface area contributed by atoms with Crippen molar-refractivity contribution < 1.29 is 19.4 Å². The topological polar surface area (TPSA) is 79.8 Å². The number of nitrogens with one attached hydrogen (secondary N) is 2. The zero-order valence-corrected chi connectivity index (χ0v) is 13.1. The fourth-order valence-corrected chi connectivity index (χ4v) is 2.53. The second kappa shape index (κ2) is 7.47. The lowest BCUT2D eigenvalue weighted by molar-refractivity contribution is -0.122. The molecule has 1 atom stereocenters. The summed E-state index contributed by atoms with van der Waals surface area (Å²) in [6, 6.07) is 5.63. The summed E-state index contributed by atoms with van der Waals surface area (Å²) in [5.74, 6) is 1.27. The Labute approximate surface area is 130 Å². The predicted molar refractivity (Wildman–Crippen MR) is 83.3 cm³/mol. The third-order valence-corrected chi connectivity index (χ3v) is 3.92. The van der Waals surface area contributed by atoms with Gasteiger partial charge in [0.15, 0.2) is 11.5 Å². The molecular weight excluding hydrogens is 284 g/mol. The molecule has 3 N–H and O–H groups in total. The molecule has 122 valence electrons. The van der Waals surface area contributed by atoms with Gasteiger partial charge in [0.25, 0.3) is 0 Å². The van der Waals surface area contributed by atoms with Crippen molar-refractivity contribution in [3.8, 4) is 11.5 Å². The molecule has 1 heterocycles. The first-order valence-electron chi connectivity index (χ1n) is 7.47. The molecule has 22 heavy (non-hydrogen) atoms. The van der Waals surface area contributed by atoms with Gasteiger partial charge in [-0.2, -0.15) is 0 Å². The first kappa shape index (κ1) is 16.6. The molecule has 1 aliphatic rings. The van der Waals surface area contributed by atoms with Crippen molar-refractivity contribution in [2.75, 3.05) is 33.9 Å². The smallest absolute Gasteiger partial charge is 0.220 e. The number of carbonyl (C=O) groups excluding carboxylic acids is 1. The molecule has 0 saturated carbocycles. The minimum absolute atomic E-state index is 0.0601. The summed E-state index contributed by atoms with van der Waals surface area (Å²) in [5, 5.41) is 16.0. The van der Waals surface area contributed by atoms with Crippen LogP contribution in [-0.4, -0.2) is 50.5 Å². The number of carbonyl (C=O) groups is 1. The Hall–Kier alpha value is -1.79. The Morgan fingerprint density at radius 2 is 2.14 bits per heavy atom. The van der Waals surface area contributed by atoms with Gasteiger partial charge in [0.2, 0.25) is 5.91 Å². The van der Waals surface area contributed by atoms with Crippen molar-refractivity contribution >= 4 is 5.91 Å². The number of amides is 1. The van der Waals surface area contributed by atoms with E-state index in [-0.39, 0.29) is 5.91 Å². The van der Waals surface area contributed by atoms with E-state index >= 15 is 0 Å². The fraction of sp³-hybridized carbons (Fsp3) is 0.562. The molecule has 1 fully saturated rings. The molecule has 0 radical (unpaired) electrons. The molecule has 1 amide bonds. The van der Waals surface area contributed by atoms with Crippen molar-refractivity contribution in [2.45, 2.75) is 24.9 Å². The van der Waals surface area contributed by atoms with Crippen LogP contribution in [0.5, 0.6) is 11.5 Å². The van der Waals surface area contributed by atoms with Gasteiger partial charge in [0.1, 0.15) is 0 Å². The summed E-state index contributed by atoms with van der Waals surface area (Å²) in [4.78, 5) is 11.9. The molecule has 0 bridgehead atoms. The lowest BCUT2D eigenvalue weighted by Crippen LogP contribution is -2.44. The third kappa shape index (κ3) is 4.35. The number of aryl methyl sites for hydroxylation is 1. The van der Waals surface area contributed by atoms with Crippen LogP contribution >= 0.6 is 0 Å². The van der Waals surface area contributed by atoms with Crippen molar-refractivity contribution in [1.82, 2.24) is 10.6 Å². The molecule has 0 spiro atoms. The standard InChI is InChI=1S/C16H24N2O4/c1-21-13-5-3-12(9-14(13)22-2)4-6-15(19)18-11-16(20)7-8-17-10-16/h3,5,9,17,20H,4,6-8,10-11H2,1-2H3,(H,18,19). The number of rotatable bonds is 7. The quantitative estimate of drug-likeness (QED) is 0.683. The lowest BCUT2D eigenvalue weighted by atomic mass is 10.0. The largest absolute Gasteiger partial charge is 0.493 e. The maximum Gasteiger partial charge on any atom is 0.220 e. The number of aliphatic hydroxyl groups is 1. The summed E-state index contributed by atoms with van der Waals surface area (Å²) in [7, 11) is 3.18. The highest BCUT2D eigenvalue weighted by Gasteiger charge is 2.31. The Kier molecular flexibility index (Phi) is 5.63. The van der Waals surface area contributed by atoms with Crippen LogP contribution in [0.3, 0.4) is 0 Å². The number of hydrogen-bond donors (Lipinski definition) is 3. The van der Waals surface area contributed by atoms with E-state index < -0.39 is 5.60 Å². The molecule has 1 unspecified atom stereocenters. The van der Waals surface area contributed by atoms with E-state index in [0.29, 0.717) is 43.9 Å². The van der Waals surface area contributed by atoms with Gasteiger partial charge in [-0.3, -0.25) is 4.79 Å². The molecule has 1 saturated heterocycles. The molecule has 6 nitrogen and oxygen atoms in total. The number of β-amino-alcohol motifs (C(OH)–C–C–N with tert-alkyl or cyclic N) is 1. The average Bonchev–Trinajstić information content (AvgIpc) is 2.97.